The van der Waals surface area contributed by atoms with Gasteiger partial charge in [-0.2, -0.15) is 4.98 Å². The number of hydrogen-bond donors (Lipinski definition) is 1. The number of hydrogen-bond acceptors (Lipinski definition) is 6. The largest absolute Gasteiger partial charge is 0.379 e. The molecule has 7 heteroatoms. The predicted octanol–water partition coefficient (Wildman–Crippen LogP) is 3.83. The highest BCUT2D eigenvalue weighted by Gasteiger charge is 2.11. The average Bonchev–Trinajstić information content (AvgIpc) is 3.17. The molecule has 6 nitrogen and oxygen atoms in total. The molecule has 0 bridgehead atoms. The molecule has 140 valence electrons. The van der Waals surface area contributed by atoms with Crippen LogP contribution < -0.4 is 5.32 Å². The standard InChI is InChI=1S/C20H21ClN4O2/c21-18-3-1-2-17(12-18)19-23-20(27-24-19)22-13-15-4-6-16(7-5-15)14-25-8-10-26-11-9-25/h1-7,12H,8-11,13-14H2,(H,22,23,24). The number of rotatable bonds is 6. The van der Waals surface area contributed by atoms with E-state index in [0.29, 0.717) is 23.4 Å². The van der Waals surface area contributed by atoms with Gasteiger partial charge in [0, 0.05) is 36.8 Å². The molecule has 1 N–H and O–H groups in total. The van der Waals surface area contributed by atoms with Crippen molar-refractivity contribution in [3.63, 3.8) is 0 Å². The highest BCUT2D eigenvalue weighted by molar-refractivity contribution is 6.30. The van der Waals surface area contributed by atoms with Crippen LogP contribution in [0.25, 0.3) is 11.4 Å². The van der Waals surface area contributed by atoms with Gasteiger partial charge in [-0.05, 0) is 23.3 Å². The minimum atomic E-state index is 0.391. The lowest BCUT2D eigenvalue weighted by molar-refractivity contribution is 0.0342. The summed E-state index contributed by atoms with van der Waals surface area (Å²) in [6.45, 7) is 5.22. The van der Waals surface area contributed by atoms with Crippen LogP contribution >= 0.6 is 11.6 Å². The molecule has 0 radical (unpaired) electrons. The third-order valence-electron chi connectivity index (χ3n) is 4.49. The first-order valence-corrected chi connectivity index (χ1v) is 9.35. The van der Waals surface area contributed by atoms with Gasteiger partial charge in [0.15, 0.2) is 0 Å². The van der Waals surface area contributed by atoms with Crippen LogP contribution in [0.1, 0.15) is 11.1 Å². The second-order valence-corrected chi connectivity index (χ2v) is 6.93. The van der Waals surface area contributed by atoms with Crippen molar-refractivity contribution in [2.45, 2.75) is 13.1 Å². The lowest BCUT2D eigenvalue weighted by Crippen LogP contribution is -2.35. The number of benzene rings is 2. The summed E-state index contributed by atoms with van der Waals surface area (Å²) in [6.07, 6.45) is 0. The van der Waals surface area contributed by atoms with Crippen LogP contribution in [0.5, 0.6) is 0 Å². The molecule has 2 aromatic carbocycles. The van der Waals surface area contributed by atoms with Crippen LogP contribution in [0.4, 0.5) is 6.01 Å². The van der Waals surface area contributed by atoms with Gasteiger partial charge in [-0.25, -0.2) is 0 Å². The Balaban J connectivity index is 1.32. The molecule has 0 amide bonds. The van der Waals surface area contributed by atoms with Crippen molar-refractivity contribution >= 4 is 17.6 Å². The Bertz CT molecular complexity index is 876. The first kappa shape index (κ1) is 18.0. The van der Waals surface area contributed by atoms with Gasteiger partial charge in [0.1, 0.15) is 0 Å². The number of morpholine rings is 1. The molecule has 0 unspecified atom stereocenters. The molecule has 0 aliphatic carbocycles. The van der Waals surface area contributed by atoms with Gasteiger partial charge in [-0.15, -0.1) is 0 Å². The van der Waals surface area contributed by atoms with Gasteiger partial charge >= 0.3 is 6.01 Å². The van der Waals surface area contributed by atoms with Gasteiger partial charge in [-0.1, -0.05) is 53.2 Å². The minimum Gasteiger partial charge on any atom is -0.379 e. The Morgan fingerprint density at radius 1 is 1.04 bits per heavy atom. The van der Waals surface area contributed by atoms with E-state index in [1.165, 1.54) is 5.56 Å². The summed E-state index contributed by atoms with van der Waals surface area (Å²) in [7, 11) is 0. The number of nitrogens with one attached hydrogen (secondary N) is 1. The summed E-state index contributed by atoms with van der Waals surface area (Å²) >= 11 is 6.01. The van der Waals surface area contributed by atoms with Crippen molar-refractivity contribution < 1.29 is 9.26 Å². The highest BCUT2D eigenvalue weighted by atomic mass is 35.5. The van der Waals surface area contributed by atoms with Crippen LogP contribution in [0.2, 0.25) is 5.02 Å². The zero-order chi connectivity index (χ0) is 18.5. The topological polar surface area (TPSA) is 63.4 Å². The molecule has 4 rings (SSSR count). The average molecular weight is 385 g/mol. The normalized spacial score (nSPS) is 15.0. The van der Waals surface area contributed by atoms with Gasteiger partial charge in [0.25, 0.3) is 0 Å². The maximum absolute atomic E-state index is 6.01. The summed E-state index contributed by atoms with van der Waals surface area (Å²) in [5.41, 5.74) is 3.29. The summed E-state index contributed by atoms with van der Waals surface area (Å²) < 4.78 is 10.7. The fraction of sp³-hybridized carbons (Fsp3) is 0.300. The fourth-order valence-corrected chi connectivity index (χ4v) is 3.19. The monoisotopic (exact) mass is 384 g/mol. The molecule has 0 spiro atoms. The molecular formula is C20H21ClN4O2. The third-order valence-corrected chi connectivity index (χ3v) is 4.72. The first-order valence-electron chi connectivity index (χ1n) is 8.98. The fourth-order valence-electron chi connectivity index (χ4n) is 3.00. The summed E-state index contributed by atoms with van der Waals surface area (Å²) in [6, 6.07) is 16.3. The number of ether oxygens (including phenoxy) is 1. The van der Waals surface area contributed by atoms with E-state index in [1.807, 2.05) is 24.3 Å². The Kier molecular flexibility index (Phi) is 5.67. The smallest absolute Gasteiger partial charge is 0.322 e. The molecule has 0 saturated carbocycles. The van der Waals surface area contributed by atoms with E-state index < -0.39 is 0 Å². The number of halogens is 1. The van der Waals surface area contributed by atoms with Gasteiger partial charge in [0.2, 0.25) is 5.82 Å². The van der Waals surface area contributed by atoms with E-state index in [1.54, 1.807) is 0 Å². The molecule has 1 aliphatic heterocycles. The SMILES string of the molecule is Clc1cccc(-c2noc(NCc3ccc(CN4CCOCC4)cc3)n2)c1. The minimum absolute atomic E-state index is 0.391. The van der Waals surface area contributed by atoms with E-state index in [2.05, 4.69) is 44.6 Å². The quantitative estimate of drug-likeness (QED) is 0.696. The molecule has 0 atom stereocenters. The lowest BCUT2D eigenvalue weighted by Gasteiger charge is -2.26. The second-order valence-electron chi connectivity index (χ2n) is 6.49. The molecule has 1 fully saturated rings. The molecule has 1 aromatic heterocycles. The van der Waals surface area contributed by atoms with Gasteiger partial charge < -0.3 is 14.6 Å². The van der Waals surface area contributed by atoms with Crippen molar-refractivity contribution in [3.05, 3.63) is 64.7 Å². The maximum Gasteiger partial charge on any atom is 0.322 e. The Hall–Kier alpha value is -2.41. The maximum atomic E-state index is 6.01. The molecule has 3 aromatic rings. The summed E-state index contributed by atoms with van der Waals surface area (Å²) in [4.78, 5) is 6.77. The Labute approximate surface area is 163 Å². The molecule has 27 heavy (non-hydrogen) atoms. The number of anilines is 1. The Morgan fingerprint density at radius 3 is 2.59 bits per heavy atom. The van der Waals surface area contributed by atoms with Crippen LogP contribution in [0.15, 0.2) is 53.1 Å². The van der Waals surface area contributed by atoms with Crippen molar-refractivity contribution in [1.29, 1.82) is 0 Å². The van der Waals surface area contributed by atoms with Crippen LogP contribution in [-0.4, -0.2) is 41.3 Å². The van der Waals surface area contributed by atoms with Crippen molar-refractivity contribution in [2.75, 3.05) is 31.6 Å². The predicted molar refractivity (Wildman–Crippen MR) is 105 cm³/mol. The van der Waals surface area contributed by atoms with Crippen LogP contribution in [0, 0.1) is 0 Å². The third kappa shape index (κ3) is 4.86. The molecule has 1 aliphatic rings. The van der Waals surface area contributed by atoms with Crippen molar-refractivity contribution in [1.82, 2.24) is 15.0 Å². The zero-order valence-corrected chi connectivity index (χ0v) is 15.7. The van der Waals surface area contributed by atoms with E-state index in [0.717, 1.165) is 44.0 Å². The van der Waals surface area contributed by atoms with E-state index >= 15 is 0 Å². The van der Waals surface area contributed by atoms with E-state index in [-0.39, 0.29) is 0 Å². The molecular weight excluding hydrogens is 364 g/mol. The Morgan fingerprint density at radius 2 is 1.81 bits per heavy atom. The number of aromatic nitrogens is 2. The van der Waals surface area contributed by atoms with Gasteiger partial charge in [-0.3, -0.25) is 4.90 Å². The van der Waals surface area contributed by atoms with Gasteiger partial charge in [0.05, 0.1) is 13.2 Å². The second kappa shape index (κ2) is 8.52. The molecule has 2 heterocycles. The zero-order valence-electron chi connectivity index (χ0n) is 14.9. The van der Waals surface area contributed by atoms with E-state index in [9.17, 15) is 0 Å². The number of nitrogens with zero attached hydrogens (tertiary/aromatic N) is 3. The summed E-state index contributed by atoms with van der Waals surface area (Å²) in [5, 5.41) is 7.80. The molecule has 1 saturated heterocycles. The van der Waals surface area contributed by atoms with Crippen molar-refractivity contribution in [2.24, 2.45) is 0 Å². The van der Waals surface area contributed by atoms with Crippen LogP contribution in [0.3, 0.4) is 0 Å². The highest BCUT2D eigenvalue weighted by Crippen LogP contribution is 2.21. The first-order chi connectivity index (χ1) is 13.3. The van der Waals surface area contributed by atoms with Crippen LogP contribution in [-0.2, 0) is 17.8 Å². The van der Waals surface area contributed by atoms with Crippen molar-refractivity contribution in [3.8, 4) is 11.4 Å². The summed E-state index contributed by atoms with van der Waals surface area (Å²) in [5.74, 6) is 0.515. The van der Waals surface area contributed by atoms with E-state index in [4.69, 9.17) is 20.9 Å². The lowest BCUT2D eigenvalue weighted by atomic mass is 10.1.